The summed E-state index contributed by atoms with van der Waals surface area (Å²) in [5.74, 6) is 0. The lowest BCUT2D eigenvalue weighted by molar-refractivity contribution is 0.669. The molecule has 0 atom stereocenters. The van der Waals surface area contributed by atoms with E-state index in [1.807, 2.05) is 12.1 Å². The number of nitrogens with zero attached hydrogens (tertiary/aromatic N) is 1. The zero-order chi connectivity index (χ0) is 32.3. The molecule has 0 aliphatic carbocycles. The number of benzene rings is 8. The summed E-state index contributed by atoms with van der Waals surface area (Å²) in [6.45, 7) is 0. The summed E-state index contributed by atoms with van der Waals surface area (Å²) in [7, 11) is 0. The number of hydrogen-bond acceptors (Lipinski definition) is 3. The molecule has 0 fully saturated rings. The smallest absolute Gasteiger partial charge is 0.143 e. The molecule has 0 bridgehead atoms. The Kier molecular flexibility index (Phi) is 6.18. The number of rotatable bonds is 5. The van der Waals surface area contributed by atoms with E-state index >= 15 is 0 Å². The molecule has 0 radical (unpaired) electrons. The second-order valence-corrected chi connectivity index (χ2v) is 12.5. The summed E-state index contributed by atoms with van der Waals surface area (Å²) < 4.78 is 13.1. The SMILES string of the molecule is c1ccc(-c2ccc(N(c3ccc4c(c3)oc3ccccc34)c3ccccc3-c3cccc4c3oc3cc5ccccc5cc34)cc2)cc1. The third kappa shape index (κ3) is 4.51. The van der Waals surface area contributed by atoms with E-state index in [2.05, 4.69) is 169 Å². The van der Waals surface area contributed by atoms with Crippen LogP contribution in [0.5, 0.6) is 0 Å². The summed E-state index contributed by atoms with van der Waals surface area (Å²) in [5.41, 5.74) is 11.1. The number of anilines is 3. The van der Waals surface area contributed by atoms with Crippen molar-refractivity contribution in [3.63, 3.8) is 0 Å². The summed E-state index contributed by atoms with van der Waals surface area (Å²) in [5, 5.41) is 6.82. The fourth-order valence-corrected chi connectivity index (χ4v) is 7.31. The molecule has 0 amide bonds. The molecule has 0 unspecified atom stereocenters. The van der Waals surface area contributed by atoms with E-state index in [1.54, 1.807) is 0 Å². The van der Waals surface area contributed by atoms with Crippen LogP contribution in [0.25, 0.3) is 76.9 Å². The minimum Gasteiger partial charge on any atom is -0.456 e. The Morgan fingerprint density at radius 2 is 0.980 bits per heavy atom. The highest BCUT2D eigenvalue weighted by Gasteiger charge is 2.21. The molecule has 0 aliphatic heterocycles. The number of para-hydroxylation sites is 3. The van der Waals surface area contributed by atoms with Crippen LogP contribution < -0.4 is 4.90 Å². The fraction of sp³-hybridized carbons (Fsp3) is 0. The lowest BCUT2D eigenvalue weighted by atomic mass is 9.98. The predicted molar refractivity (Wildman–Crippen MR) is 204 cm³/mol. The van der Waals surface area contributed by atoms with Gasteiger partial charge < -0.3 is 13.7 Å². The van der Waals surface area contributed by atoms with Gasteiger partial charge in [0.2, 0.25) is 0 Å². The van der Waals surface area contributed by atoms with Crippen molar-refractivity contribution in [3.8, 4) is 22.3 Å². The van der Waals surface area contributed by atoms with Crippen LogP contribution in [0.3, 0.4) is 0 Å². The minimum absolute atomic E-state index is 0.855. The van der Waals surface area contributed by atoms with Gasteiger partial charge in [0.1, 0.15) is 22.3 Å². The first-order valence-electron chi connectivity index (χ1n) is 16.6. The Morgan fingerprint density at radius 3 is 1.86 bits per heavy atom. The van der Waals surface area contributed by atoms with Crippen LogP contribution in [0.15, 0.2) is 185 Å². The van der Waals surface area contributed by atoms with Crippen LogP contribution in [0, 0.1) is 0 Å². The number of hydrogen-bond donors (Lipinski definition) is 0. The molecule has 10 aromatic rings. The summed E-state index contributed by atoms with van der Waals surface area (Å²) in [4.78, 5) is 2.33. The van der Waals surface area contributed by atoms with E-state index < -0.39 is 0 Å². The quantitative estimate of drug-likeness (QED) is 0.190. The molecule has 0 spiro atoms. The van der Waals surface area contributed by atoms with Gasteiger partial charge in [-0.3, -0.25) is 0 Å². The van der Waals surface area contributed by atoms with Gasteiger partial charge in [-0.05, 0) is 70.4 Å². The van der Waals surface area contributed by atoms with Gasteiger partial charge in [0.05, 0.1) is 5.69 Å². The monoisotopic (exact) mass is 627 g/mol. The molecule has 10 rings (SSSR count). The summed E-state index contributed by atoms with van der Waals surface area (Å²) in [6.07, 6.45) is 0. The van der Waals surface area contributed by atoms with Gasteiger partial charge in [-0.15, -0.1) is 0 Å². The molecular formula is C46H29NO2. The third-order valence-corrected chi connectivity index (χ3v) is 9.65. The molecule has 2 aromatic heterocycles. The Morgan fingerprint density at radius 1 is 0.347 bits per heavy atom. The average Bonchev–Trinajstić information content (AvgIpc) is 3.72. The number of fused-ring (bicyclic) bond motifs is 7. The van der Waals surface area contributed by atoms with Gasteiger partial charge in [-0.1, -0.05) is 121 Å². The Balaban J connectivity index is 1.19. The number of furan rings is 2. The molecule has 0 saturated heterocycles. The van der Waals surface area contributed by atoms with E-state index in [9.17, 15) is 0 Å². The molecule has 0 aliphatic rings. The average molecular weight is 628 g/mol. The van der Waals surface area contributed by atoms with Gasteiger partial charge in [0.15, 0.2) is 0 Å². The maximum Gasteiger partial charge on any atom is 0.143 e. The Labute approximate surface area is 282 Å². The molecule has 49 heavy (non-hydrogen) atoms. The van der Waals surface area contributed by atoms with Gasteiger partial charge in [0, 0.05) is 50.1 Å². The molecule has 2 heterocycles. The molecule has 0 saturated carbocycles. The van der Waals surface area contributed by atoms with Crippen molar-refractivity contribution in [2.75, 3.05) is 4.90 Å². The van der Waals surface area contributed by atoms with Crippen molar-refractivity contribution in [2.24, 2.45) is 0 Å². The van der Waals surface area contributed by atoms with Crippen LogP contribution in [-0.2, 0) is 0 Å². The highest BCUT2D eigenvalue weighted by molar-refractivity contribution is 6.14. The van der Waals surface area contributed by atoms with Crippen molar-refractivity contribution in [1.29, 1.82) is 0 Å². The lowest BCUT2D eigenvalue weighted by Crippen LogP contribution is -2.11. The Bertz CT molecular complexity index is 2830. The maximum atomic E-state index is 6.71. The molecule has 3 nitrogen and oxygen atoms in total. The normalized spacial score (nSPS) is 11.7. The highest BCUT2D eigenvalue weighted by Crippen LogP contribution is 2.45. The minimum atomic E-state index is 0.855. The van der Waals surface area contributed by atoms with Crippen molar-refractivity contribution in [2.45, 2.75) is 0 Å². The van der Waals surface area contributed by atoms with E-state index in [0.717, 1.165) is 72.1 Å². The van der Waals surface area contributed by atoms with Gasteiger partial charge >= 0.3 is 0 Å². The van der Waals surface area contributed by atoms with E-state index in [4.69, 9.17) is 8.83 Å². The van der Waals surface area contributed by atoms with Crippen LogP contribution in [-0.4, -0.2) is 0 Å². The second-order valence-electron chi connectivity index (χ2n) is 12.5. The van der Waals surface area contributed by atoms with Crippen molar-refractivity contribution >= 4 is 71.7 Å². The lowest BCUT2D eigenvalue weighted by Gasteiger charge is -2.28. The zero-order valence-corrected chi connectivity index (χ0v) is 26.5. The third-order valence-electron chi connectivity index (χ3n) is 9.65. The standard InChI is InChI=1S/C46H29NO2/c1-2-11-30(12-3-1)31-21-23-34(24-22-31)47(35-25-26-38-37-16-7-9-20-43(37)48-45(38)29-35)42-19-8-6-15-36(42)39-17-10-18-40-41-27-32-13-4-5-14-33(32)28-44(41)49-46(39)40/h1-29H. The van der Waals surface area contributed by atoms with Crippen molar-refractivity contribution in [3.05, 3.63) is 176 Å². The topological polar surface area (TPSA) is 29.5 Å². The van der Waals surface area contributed by atoms with E-state index in [-0.39, 0.29) is 0 Å². The summed E-state index contributed by atoms with van der Waals surface area (Å²) >= 11 is 0. The molecule has 230 valence electrons. The summed E-state index contributed by atoms with van der Waals surface area (Å²) in [6, 6.07) is 62.0. The first kappa shape index (κ1) is 27.5. The van der Waals surface area contributed by atoms with Crippen molar-refractivity contribution < 1.29 is 8.83 Å². The van der Waals surface area contributed by atoms with Crippen LogP contribution >= 0.6 is 0 Å². The second kappa shape index (κ2) is 11.0. The predicted octanol–water partition coefficient (Wildman–Crippen LogP) is 13.4. The first-order chi connectivity index (χ1) is 24.3. The van der Waals surface area contributed by atoms with E-state index in [0.29, 0.717) is 0 Å². The highest BCUT2D eigenvalue weighted by atomic mass is 16.3. The molecular weight excluding hydrogens is 599 g/mol. The largest absolute Gasteiger partial charge is 0.456 e. The van der Waals surface area contributed by atoms with Gasteiger partial charge in [-0.25, -0.2) is 0 Å². The van der Waals surface area contributed by atoms with Crippen LogP contribution in [0.1, 0.15) is 0 Å². The molecule has 8 aromatic carbocycles. The Hall–Kier alpha value is -6.58. The van der Waals surface area contributed by atoms with Crippen LogP contribution in [0.4, 0.5) is 17.1 Å². The fourth-order valence-electron chi connectivity index (χ4n) is 7.31. The van der Waals surface area contributed by atoms with Gasteiger partial charge in [0.25, 0.3) is 0 Å². The molecule has 0 N–H and O–H groups in total. The van der Waals surface area contributed by atoms with Gasteiger partial charge in [-0.2, -0.15) is 0 Å². The molecule has 3 heteroatoms. The van der Waals surface area contributed by atoms with E-state index in [1.165, 1.54) is 21.9 Å². The maximum absolute atomic E-state index is 6.71. The van der Waals surface area contributed by atoms with Crippen LogP contribution in [0.2, 0.25) is 0 Å². The first-order valence-corrected chi connectivity index (χ1v) is 16.6. The van der Waals surface area contributed by atoms with Crippen molar-refractivity contribution in [1.82, 2.24) is 0 Å². The zero-order valence-electron chi connectivity index (χ0n) is 26.5.